The summed E-state index contributed by atoms with van der Waals surface area (Å²) in [4.78, 5) is 8.04. The first-order chi connectivity index (χ1) is 8.37. The van der Waals surface area contributed by atoms with E-state index in [1.807, 2.05) is 25.9 Å². The molecule has 0 aliphatic carbocycles. The second kappa shape index (κ2) is 4.85. The molecule has 1 aromatic rings. The van der Waals surface area contributed by atoms with Crippen molar-refractivity contribution >= 4 is 15.8 Å². The molecule has 8 heteroatoms. The maximum Gasteiger partial charge on any atom is 0.265 e. The fourth-order valence-corrected chi connectivity index (χ4v) is 3.56. The second-order valence-corrected chi connectivity index (χ2v) is 7.05. The quantitative estimate of drug-likeness (QED) is 0.752. The van der Waals surface area contributed by atoms with E-state index in [1.165, 1.54) is 0 Å². The van der Waals surface area contributed by atoms with Crippen molar-refractivity contribution in [3.8, 4) is 0 Å². The van der Waals surface area contributed by atoms with Crippen LogP contribution in [0, 0.1) is 0 Å². The summed E-state index contributed by atoms with van der Waals surface area (Å²) in [5.74, 6) is 1.44. The van der Waals surface area contributed by atoms with Crippen molar-refractivity contribution in [2.75, 3.05) is 37.0 Å². The first-order valence-corrected chi connectivity index (χ1v) is 7.64. The topological polar surface area (TPSA) is 79.5 Å². The lowest BCUT2D eigenvalue weighted by atomic mass is 10.3. The Morgan fingerprint density at radius 3 is 2.78 bits per heavy atom. The largest absolute Gasteiger partial charge is 0.344 e. The summed E-state index contributed by atoms with van der Waals surface area (Å²) in [6.07, 6.45) is 0. The third kappa shape index (κ3) is 2.99. The van der Waals surface area contributed by atoms with Crippen LogP contribution in [0.1, 0.15) is 12.8 Å². The molecular formula is C10H18N4O3S. The highest BCUT2D eigenvalue weighted by atomic mass is 32.2. The molecule has 0 spiro atoms. The van der Waals surface area contributed by atoms with E-state index in [1.54, 1.807) is 4.90 Å². The minimum atomic E-state index is -2.88. The lowest BCUT2D eigenvalue weighted by Crippen LogP contribution is -2.46. The zero-order valence-corrected chi connectivity index (χ0v) is 11.6. The summed E-state index contributed by atoms with van der Waals surface area (Å²) < 4.78 is 28.1. The van der Waals surface area contributed by atoms with Gasteiger partial charge in [0.1, 0.15) is 0 Å². The Morgan fingerprint density at radius 1 is 1.50 bits per heavy atom. The monoisotopic (exact) mass is 274 g/mol. The highest BCUT2D eigenvalue weighted by Gasteiger charge is 2.29. The average Bonchev–Trinajstić information content (AvgIpc) is 2.70. The normalized spacial score (nSPS) is 24.1. The van der Waals surface area contributed by atoms with Crippen LogP contribution in [-0.4, -0.2) is 61.6 Å². The predicted molar refractivity (Wildman–Crippen MR) is 67.2 cm³/mol. The smallest absolute Gasteiger partial charge is 0.265 e. The molecule has 1 aromatic heterocycles. The van der Waals surface area contributed by atoms with Crippen molar-refractivity contribution in [2.45, 2.75) is 19.5 Å². The van der Waals surface area contributed by atoms with Gasteiger partial charge in [-0.1, -0.05) is 0 Å². The fraction of sp³-hybridized carbons (Fsp3) is 0.800. The molecule has 102 valence electrons. The van der Waals surface area contributed by atoms with Gasteiger partial charge in [0, 0.05) is 26.7 Å². The van der Waals surface area contributed by atoms with Gasteiger partial charge in [-0.3, -0.25) is 4.90 Å². The Kier molecular flexibility index (Phi) is 3.58. The molecule has 1 fully saturated rings. The van der Waals surface area contributed by atoms with Gasteiger partial charge in [0.25, 0.3) is 5.95 Å². The van der Waals surface area contributed by atoms with E-state index in [0.29, 0.717) is 24.9 Å². The van der Waals surface area contributed by atoms with Crippen molar-refractivity contribution in [3.63, 3.8) is 0 Å². The highest BCUT2D eigenvalue weighted by molar-refractivity contribution is 7.91. The summed E-state index contributed by atoms with van der Waals surface area (Å²) in [5.41, 5.74) is 0. The van der Waals surface area contributed by atoms with Crippen LogP contribution >= 0.6 is 0 Å². The van der Waals surface area contributed by atoms with Crippen LogP contribution in [0.25, 0.3) is 0 Å². The first kappa shape index (κ1) is 13.3. The molecule has 0 bridgehead atoms. The van der Waals surface area contributed by atoms with Crippen molar-refractivity contribution in [1.82, 2.24) is 15.0 Å². The van der Waals surface area contributed by atoms with Crippen LogP contribution in [0.15, 0.2) is 4.52 Å². The first-order valence-electron chi connectivity index (χ1n) is 5.82. The number of rotatable bonds is 3. The highest BCUT2D eigenvalue weighted by Crippen LogP contribution is 2.15. The van der Waals surface area contributed by atoms with E-state index in [4.69, 9.17) is 4.52 Å². The molecule has 1 atom stereocenters. The Balaban J connectivity index is 2.01. The molecule has 0 amide bonds. The van der Waals surface area contributed by atoms with Crippen molar-refractivity contribution in [3.05, 3.63) is 5.89 Å². The molecule has 18 heavy (non-hydrogen) atoms. The summed E-state index contributed by atoms with van der Waals surface area (Å²) in [6.45, 7) is 2.92. The molecule has 2 rings (SSSR count). The summed E-state index contributed by atoms with van der Waals surface area (Å²) in [6, 6.07) is -0.0153. The lowest BCUT2D eigenvalue weighted by Gasteiger charge is -2.31. The molecule has 0 radical (unpaired) electrons. The maximum atomic E-state index is 11.5. The van der Waals surface area contributed by atoms with Crippen molar-refractivity contribution in [2.24, 2.45) is 0 Å². The lowest BCUT2D eigenvalue weighted by molar-refractivity contribution is 0.189. The van der Waals surface area contributed by atoms with E-state index < -0.39 is 9.84 Å². The van der Waals surface area contributed by atoms with Crippen LogP contribution in [0.3, 0.4) is 0 Å². The Bertz CT molecular complexity index is 511. The van der Waals surface area contributed by atoms with Crippen LogP contribution in [0.2, 0.25) is 0 Å². The molecule has 2 heterocycles. The zero-order valence-electron chi connectivity index (χ0n) is 10.8. The Labute approximate surface area is 107 Å². The fourth-order valence-electron chi connectivity index (χ4n) is 1.93. The third-order valence-corrected chi connectivity index (χ3v) is 4.80. The van der Waals surface area contributed by atoms with Crippen LogP contribution in [-0.2, 0) is 16.4 Å². The van der Waals surface area contributed by atoms with Gasteiger partial charge >= 0.3 is 0 Å². The van der Waals surface area contributed by atoms with E-state index in [0.717, 1.165) is 0 Å². The van der Waals surface area contributed by atoms with E-state index in [2.05, 4.69) is 10.1 Å². The maximum absolute atomic E-state index is 11.5. The number of anilines is 1. The number of hydrogen-bond acceptors (Lipinski definition) is 7. The number of nitrogens with zero attached hydrogens (tertiary/aromatic N) is 4. The number of aromatic nitrogens is 2. The number of hydrogen-bond donors (Lipinski definition) is 0. The molecule has 1 aliphatic heterocycles. The van der Waals surface area contributed by atoms with Gasteiger partial charge in [0.15, 0.2) is 9.84 Å². The molecule has 0 N–H and O–H groups in total. The van der Waals surface area contributed by atoms with Crippen molar-refractivity contribution < 1.29 is 12.9 Å². The van der Waals surface area contributed by atoms with Gasteiger partial charge in [-0.25, -0.2) is 8.42 Å². The molecule has 0 aromatic carbocycles. The summed E-state index contributed by atoms with van der Waals surface area (Å²) in [7, 11) is 0.794. The minimum absolute atomic E-state index is 0.0153. The molecule has 1 saturated heterocycles. The van der Waals surface area contributed by atoms with E-state index >= 15 is 0 Å². The molecule has 1 unspecified atom stereocenters. The average molecular weight is 274 g/mol. The second-order valence-electron chi connectivity index (χ2n) is 4.82. The van der Waals surface area contributed by atoms with Crippen molar-refractivity contribution in [1.29, 1.82) is 0 Å². The van der Waals surface area contributed by atoms with Crippen LogP contribution in [0.5, 0.6) is 0 Å². The summed E-state index contributed by atoms with van der Waals surface area (Å²) in [5, 5.41) is 3.83. The summed E-state index contributed by atoms with van der Waals surface area (Å²) >= 11 is 0. The predicted octanol–water partition coefficient (Wildman–Crippen LogP) is -0.245. The zero-order chi connectivity index (χ0) is 13.3. The SMILES string of the molecule is CC1CS(=O)(=O)CCN1Cc1nc(N(C)C)no1. The molecular weight excluding hydrogens is 256 g/mol. The molecule has 0 saturated carbocycles. The molecule has 7 nitrogen and oxygen atoms in total. The van der Waals surface area contributed by atoms with Gasteiger partial charge in [-0.05, 0) is 12.1 Å². The van der Waals surface area contributed by atoms with Gasteiger partial charge in [0.2, 0.25) is 5.89 Å². The minimum Gasteiger partial charge on any atom is -0.344 e. The standard InChI is InChI=1S/C10H18N4O3S/c1-8-7-18(15,16)5-4-14(8)6-9-11-10(12-17-9)13(2)3/h8H,4-7H2,1-3H3. The Hall–Kier alpha value is -1.15. The third-order valence-electron chi connectivity index (χ3n) is 3.00. The van der Waals surface area contributed by atoms with Crippen LogP contribution in [0.4, 0.5) is 5.95 Å². The Morgan fingerprint density at radius 2 is 2.22 bits per heavy atom. The van der Waals surface area contributed by atoms with E-state index in [9.17, 15) is 8.42 Å². The van der Waals surface area contributed by atoms with Gasteiger partial charge in [0.05, 0.1) is 18.1 Å². The van der Waals surface area contributed by atoms with E-state index in [-0.39, 0.29) is 17.5 Å². The van der Waals surface area contributed by atoms with Gasteiger partial charge in [-0.15, -0.1) is 0 Å². The van der Waals surface area contributed by atoms with Crippen LogP contribution < -0.4 is 4.90 Å². The molecule has 1 aliphatic rings. The van der Waals surface area contributed by atoms with Gasteiger partial charge < -0.3 is 9.42 Å². The van der Waals surface area contributed by atoms with Gasteiger partial charge in [-0.2, -0.15) is 4.98 Å². The number of sulfone groups is 1.